The first kappa shape index (κ1) is 30.7. The Hall–Kier alpha value is -7.86. The molecule has 0 fully saturated rings. The Morgan fingerprint density at radius 3 is 1.49 bits per heavy atom. The van der Waals surface area contributed by atoms with Crippen LogP contribution in [-0.4, -0.2) is 13.7 Å². The summed E-state index contributed by atoms with van der Waals surface area (Å²) in [6.45, 7) is 0. The highest BCUT2D eigenvalue weighted by atomic mass is 15.0. The van der Waals surface area contributed by atoms with Gasteiger partial charge in [-0.2, -0.15) is 10.5 Å². The van der Waals surface area contributed by atoms with Gasteiger partial charge in [0.2, 0.25) is 0 Å². The molecule has 0 unspecified atom stereocenters. The Morgan fingerprint density at radius 2 is 0.818 bits per heavy atom. The van der Waals surface area contributed by atoms with E-state index in [1.54, 1.807) is 0 Å². The van der Waals surface area contributed by atoms with Gasteiger partial charge in [0, 0.05) is 49.4 Å². The zero-order valence-electron chi connectivity index (χ0n) is 29.5. The van der Waals surface area contributed by atoms with Crippen LogP contribution in [0.4, 0.5) is 0 Å². The smallest absolute Gasteiger partial charge is 0.0991 e. The van der Waals surface area contributed by atoms with Gasteiger partial charge < -0.3 is 13.7 Å². The van der Waals surface area contributed by atoms with E-state index < -0.39 is 0 Å². The van der Waals surface area contributed by atoms with E-state index in [1.165, 1.54) is 10.8 Å². The van der Waals surface area contributed by atoms with Crippen molar-refractivity contribution in [1.82, 2.24) is 13.7 Å². The Morgan fingerprint density at radius 1 is 0.327 bits per heavy atom. The van der Waals surface area contributed by atoms with Crippen LogP contribution < -0.4 is 0 Å². The van der Waals surface area contributed by atoms with Gasteiger partial charge in [0.25, 0.3) is 0 Å². The van der Waals surface area contributed by atoms with E-state index in [1.807, 2.05) is 24.3 Å². The maximum atomic E-state index is 9.95. The van der Waals surface area contributed by atoms with Crippen LogP contribution in [0.5, 0.6) is 0 Å². The summed E-state index contributed by atoms with van der Waals surface area (Å²) in [5.74, 6) is 0. The lowest BCUT2D eigenvalue weighted by molar-refractivity contribution is 1.17. The van der Waals surface area contributed by atoms with Crippen molar-refractivity contribution in [3.8, 4) is 40.3 Å². The highest BCUT2D eigenvalue weighted by molar-refractivity contribution is 6.26. The van der Waals surface area contributed by atoms with Crippen molar-refractivity contribution < 1.29 is 0 Å². The number of nitrogens with zero attached hydrogens (tertiary/aromatic N) is 5. The summed E-state index contributed by atoms with van der Waals surface area (Å²) in [4.78, 5) is 0. The monoisotopic (exact) mass is 699 g/mol. The Labute approximate surface area is 316 Å². The van der Waals surface area contributed by atoms with Gasteiger partial charge in [-0.25, -0.2) is 0 Å². The largest absolute Gasteiger partial charge is 0.309 e. The molecule has 0 amide bonds. The number of para-hydroxylation sites is 3. The topological polar surface area (TPSA) is 62.4 Å². The molecule has 5 heteroatoms. The van der Waals surface area contributed by atoms with Crippen molar-refractivity contribution in [3.63, 3.8) is 0 Å². The number of fused-ring (bicyclic) bond motifs is 10. The Balaban J connectivity index is 1.16. The molecule has 3 heterocycles. The summed E-state index contributed by atoms with van der Waals surface area (Å²) in [7, 11) is 0. The lowest BCUT2D eigenvalue weighted by atomic mass is 10.0. The Bertz CT molecular complexity index is 3450. The van der Waals surface area contributed by atoms with Crippen molar-refractivity contribution in [2.24, 2.45) is 0 Å². The average Bonchev–Trinajstić information content (AvgIpc) is 3.89. The first-order chi connectivity index (χ1) is 27.2. The molecule has 0 saturated heterocycles. The molecule has 0 radical (unpaired) electrons. The molecule has 3 aromatic heterocycles. The minimum absolute atomic E-state index is 0.637. The molecule has 254 valence electrons. The molecule has 0 aliphatic carbocycles. The van der Waals surface area contributed by atoms with E-state index in [0.717, 1.165) is 82.8 Å². The highest BCUT2D eigenvalue weighted by Gasteiger charge is 2.21. The number of hydrogen-bond acceptors (Lipinski definition) is 2. The predicted molar refractivity (Wildman–Crippen MR) is 224 cm³/mol. The number of benzene rings is 8. The molecule has 0 spiro atoms. The Kier molecular flexibility index (Phi) is 6.61. The van der Waals surface area contributed by atoms with Crippen LogP contribution in [-0.2, 0) is 0 Å². The number of nitriles is 2. The fourth-order valence-corrected chi connectivity index (χ4v) is 8.72. The molecule has 11 rings (SSSR count). The van der Waals surface area contributed by atoms with Gasteiger partial charge in [0.05, 0.1) is 56.4 Å². The molecule has 0 N–H and O–H groups in total. The first-order valence-corrected chi connectivity index (χ1v) is 18.3. The van der Waals surface area contributed by atoms with Gasteiger partial charge in [-0.3, -0.25) is 0 Å². The van der Waals surface area contributed by atoms with E-state index >= 15 is 0 Å². The quantitative estimate of drug-likeness (QED) is 0.184. The van der Waals surface area contributed by atoms with Crippen LogP contribution in [0, 0.1) is 22.7 Å². The van der Waals surface area contributed by atoms with Gasteiger partial charge in [-0.05, 0) is 102 Å². The maximum absolute atomic E-state index is 9.95. The summed E-state index contributed by atoms with van der Waals surface area (Å²) in [6, 6.07) is 66.1. The minimum Gasteiger partial charge on any atom is -0.309 e. The van der Waals surface area contributed by atoms with Crippen molar-refractivity contribution >= 4 is 65.4 Å². The maximum Gasteiger partial charge on any atom is 0.0991 e. The summed E-state index contributed by atoms with van der Waals surface area (Å²) in [5.41, 5.74) is 13.3. The molecular formula is C50H29N5. The second-order valence-corrected chi connectivity index (χ2v) is 14.0. The molecule has 5 nitrogen and oxygen atoms in total. The van der Waals surface area contributed by atoms with E-state index in [-0.39, 0.29) is 0 Å². The molecule has 0 atom stereocenters. The molecule has 0 aliphatic heterocycles. The molecule has 11 aromatic rings. The van der Waals surface area contributed by atoms with Crippen molar-refractivity contribution in [3.05, 3.63) is 187 Å². The zero-order valence-corrected chi connectivity index (χ0v) is 29.5. The second kappa shape index (κ2) is 11.8. The molecule has 0 saturated carbocycles. The number of hydrogen-bond donors (Lipinski definition) is 0. The zero-order chi connectivity index (χ0) is 36.6. The lowest BCUT2D eigenvalue weighted by Gasteiger charge is -2.13. The van der Waals surface area contributed by atoms with Gasteiger partial charge in [0.15, 0.2) is 0 Å². The third-order valence-corrected chi connectivity index (χ3v) is 11.0. The van der Waals surface area contributed by atoms with Gasteiger partial charge >= 0.3 is 0 Å². The standard InChI is InChI=1S/C50H29N5/c51-30-32-20-23-46-42(26-32)39-16-4-6-18-44(39)54(46)37-14-8-10-34(28-37)35-11-9-15-38(29-35)55-47-24-21-33(31-52)27-43(47)40-22-25-48-49(50(40)55)41-17-5-7-19-45(41)53(48)36-12-2-1-3-13-36/h1-29H. The normalized spacial score (nSPS) is 11.6. The van der Waals surface area contributed by atoms with Crippen LogP contribution in [0.3, 0.4) is 0 Å². The second-order valence-electron chi connectivity index (χ2n) is 14.0. The molecular weight excluding hydrogens is 671 g/mol. The van der Waals surface area contributed by atoms with Crippen molar-refractivity contribution in [2.75, 3.05) is 0 Å². The summed E-state index contributed by atoms with van der Waals surface area (Å²) in [6.07, 6.45) is 0. The molecule has 0 bridgehead atoms. The summed E-state index contributed by atoms with van der Waals surface area (Å²) >= 11 is 0. The van der Waals surface area contributed by atoms with Crippen molar-refractivity contribution in [2.45, 2.75) is 0 Å². The van der Waals surface area contributed by atoms with Gasteiger partial charge in [-0.15, -0.1) is 0 Å². The van der Waals surface area contributed by atoms with Crippen molar-refractivity contribution in [1.29, 1.82) is 10.5 Å². The SMILES string of the molecule is N#Cc1ccc2c(c1)c1ccccc1n2-c1cccc(-c2cccc(-n3c4ccc(C#N)cc4c4ccc5c(c6ccccc6n5-c5ccccc5)c43)c2)c1. The van der Waals surface area contributed by atoms with E-state index in [9.17, 15) is 10.5 Å². The van der Waals surface area contributed by atoms with Crippen LogP contribution in [0.15, 0.2) is 176 Å². The third-order valence-electron chi connectivity index (χ3n) is 11.0. The molecule has 8 aromatic carbocycles. The average molecular weight is 700 g/mol. The highest BCUT2D eigenvalue weighted by Crippen LogP contribution is 2.43. The van der Waals surface area contributed by atoms with Gasteiger partial charge in [-0.1, -0.05) is 84.9 Å². The fraction of sp³-hybridized carbons (Fsp3) is 0. The first-order valence-electron chi connectivity index (χ1n) is 18.3. The fourth-order valence-electron chi connectivity index (χ4n) is 8.72. The lowest BCUT2D eigenvalue weighted by Crippen LogP contribution is -1.97. The summed E-state index contributed by atoms with van der Waals surface area (Å²) in [5, 5.41) is 26.3. The van der Waals surface area contributed by atoms with Crippen LogP contribution in [0.1, 0.15) is 11.1 Å². The van der Waals surface area contributed by atoms with Crippen LogP contribution in [0.2, 0.25) is 0 Å². The van der Waals surface area contributed by atoms with E-state index in [2.05, 4.69) is 177 Å². The van der Waals surface area contributed by atoms with E-state index in [4.69, 9.17) is 0 Å². The predicted octanol–water partition coefficient (Wildman–Crippen LogP) is 12.4. The van der Waals surface area contributed by atoms with E-state index in [0.29, 0.717) is 11.1 Å². The van der Waals surface area contributed by atoms with Crippen LogP contribution >= 0.6 is 0 Å². The molecule has 55 heavy (non-hydrogen) atoms. The summed E-state index contributed by atoms with van der Waals surface area (Å²) < 4.78 is 7.02. The minimum atomic E-state index is 0.637. The molecule has 0 aliphatic rings. The third kappa shape index (κ3) is 4.51. The van der Waals surface area contributed by atoms with Gasteiger partial charge in [0.1, 0.15) is 0 Å². The number of aromatic nitrogens is 3. The number of rotatable bonds is 4. The van der Waals surface area contributed by atoms with Crippen LogP contribution in [0.25, 0.3) is 93.6 Å².